The van der Waals surface area contributed by atoms with Gasteiger partial charge in [0.2, 0.25) is 0 Å². The number of nitrogens with zero attached hydrogens (tertiary/aromatic N) is 5. The lowest BCUT2D eigenvalue weighted by Gasteiger charge is -2.34. The maximum Gasteiger partial charge on any atom is 0.256 e. The molecule has 1 fully saturated rings. The molecule has 1 aliphatic rings. The summed E-state index contributed by atoms with van der Waals surface area (Å²) in [5, 5.41) is 11.1. The van der Waals surface area contributed by atoms with Crippen LogP contribution in [0, 0.1) is 5.92 Å². The van der Waals surface area contributed by atoms with Gasteiger partial charge in [-0.1, -0.05) is 12.1 Å². The van der Waals surface area contributed by atoms with E-state index in [9.17, 15) is 4.79 Å². The van der Waals surface area contributed by atoms with Crippen LogP contribution in [0.4, 0.5) is 0 Å². The van der Waals surface area contributed by atoms with Gasteiger partial charge in [-0.2, -0.15) is 4.68 Å². The third kappa shape index (κ3) is 3.68. The molecule has 0 bridgehead atoms. The maximum atomic E-state index is 12.8. The molecule has 23 heavy (non-hydrogen) atoms. The standard InChI is InChI=1S/C15H20N6O.ClH/c1-11(16)12-6-8-20(9-7-12)15(22)13-4-2-3-5-14(13)21-10-17-18-19-21;/h2-5,10-12H,6-9,16H2,1H3;1H. The van der Waals surface area contributed by atoms with Crippen LogP contribution in [-0.4, -0.2) is 50.1 Å². The second kappa shape index (κ2) is 7.52. The molecule has 1 saturated heterocycles. The first-order chi connectivity index (χ1) is 10.7. The van der Waals surface area contributed by atoms with Gasteiger partial charge < -0.3 is 10.6 Å². The van der Waals surface area contributed by atoms with Crippen molar-refractivity contribution in [1.82, 2.24) is 25.1 Å². The predicted octanol–water partition coefficient (Wildman–Crippen LogP) is 1.28. The Morgan fingerprint density at radius 3 is 2.61 bits per heavy atom. The van der Waals surface area contributed by atoms with Crippen molar-refractivity contribution in [1.29, 1.82) is 0 Å². The SMILES string of the molecule is CC(N)C1CCN(C(=O)c2ccccc2-n2cnnn2)CC1.Cl. The van der Waals surface area contributed by atoms with E-state index in [1.165, 1.54) is 11.0 Å². The first-order valence-corrected chi connectivity index (χ1v) is 7.54. The highest BCUT2D eigenvalue weighted by molar-refractivity contribution is 5.97. The average Bonchev–Trinajstić information content (AvgIpc) is 3.08. The minimum absolute atomic E-state index is 0. The Bertz CT molecular complexity index is 637. The van der Waals surface area contributed by atoms with Crippen molar-refractivity contribution in [2.24, 2.45) is 11.7 Å². The van der Waals surface area contributed by atoms with Gasteiger partial charge in [0.1, 0.15) is 6.33 Å². The predicted molar refractivity (Wildman–Crippen MR) is 88.7 cm³/mol. The molecule has 7 nitrogen and oxygen atoms in total. The molecule has 0 radical (unpaired) electrons. The van der Waals surface area contributed by atoms with Crippen molar-refractivity contribution in [2.45, 2.75) is 25.8 Å². The highest BCUT2D eigenvalue weighted by Crippen LogP contribution is 2.22. The van der Waals surface area contributed by atoms with E-state index < -0.39 is 0 Å². The summed E-state index contributed by atoms with van der Waals surface area (Å²) >= 11 is 0. The molecule has 0 aliphatic carbocycles. The number of likely N-dealkylation sites (tertiary alicyclic amines) is 1. The zero-order valence-corrected chi connectivity index (χ0v) is 13.8. The van der Waals surface area contributed by atoms with Gasteiger partial charge in [0.05, 0.1) is 11.3 Å². The van der Waals surface area contributed by atoms with E-state index in [2.05, 4.69) is 15.5 Å². The highest BCUT2D eigenvalue weighted by atomic mass is 35.5. The fraction of sp³-hybridized carbons (Fsp3) is 0.467. The number of carbonyl (C=O) groups is 1. The van der Waals surface area contributed by atoms with E-state index >= 15 is 0 Å². The number of rotatable bonds is 3. The van der Waals surface area contributed by atoms with Crippen LogP contribution in [0.15, 0.2) is 30.6 Å². The van der Waals surface area contributed by atoms with Crippen LogP contribution in [0.25, 0.3) is 5.69 Å². The molecule has 1 aromatic heterocycles. The molecule has 1 atom stereocenters. The zero-order valence-electron chi connectivity index (χ0n) is 13.0. The third-order valence-corrected chi connectivity index (χ3v) is 4.30. The first-order valence-electron chi connectivity index (χ1n) is 7.54. The quantitative estimate of drug-likeness (QED) is 0.912. The molecular weight excluding hydrogens is 316 g/mol. The molecule has 0 spiro atoms. The Balaban J connectivity index is 0.00000192. The molecule has 0 saturated carbocycles. The van der Waals surface area contributed by atoms with Crippen LogP contribution in [-0.2, 0) is 0 Å². The topological polar surface area (TPSA) is 89.9 Å². The smallest absolute Gasteiger partial charge is 0.256 e. The monoisotopic (exact) mass is 336 g/mol. The molecule has 2 heterocycles. The Kier molecular flexibility index (Phi) is 5.68. The van der Waals surface area contributed by atoms with Crippen molar-refractivity contribution >= 4 is 18.3 Å². The summed E-state index contributed by atoms with van der Waals surface area (Å²) < 4.78 is 1.52. The van der Waals surface area contributed by atoms with Crippen molar-refractivity contribution < 1.29 is 4.79 Å². The van der Waals surface area contributed by atoms with E-state index in [4.69, 9.17) is 5.73 Å². The number of aromatic nitrogens is 4. The summed E-state index contributed by atoms with van der Waals surface area (Å²) in [7, 11) is 0. The first kappa shape index (κ1) is 17.4. The summed E-state index contributed by atoms with van der Waals surface area (Å²) in [6, 6.07) is 7.58. The van der Waals surface area contributed by atoms with Gasteiger partial charge in [-0.15, -0.1) is 17.5 Å². The van der Waals surface area contributed by atoms with E-state index in [1.807, 2.05) is 36.1 Å². The van der Waals surface area contributed by atoms with Gasteiger partial charge in [-0.25, -0.2) is 0 Å². The minimum atomic E-state index is 0. The van der Waals surface area contributed by atoms with Gasteiger partial charge in [0.25, 0.3) is 5.91 Å². The summed E-state index contributed by atoms with van der Waals surface area (Å²) in [5.74, 6) is 0.521. The number of piperidine rings is 1. The second-order valence-electron chi connectivity index (χ2n) is 5.76. The molecule has 1 aromatic carbocycles. The lowest BCUT2D eigenvalue weighted by Crippen LogP contribution is -2.42. The lowest BCUT2D eigenvalue weighted by atomic mass is 9.90. The molecule has 1 aliphatic heterocycles. The van der Waals surface area contributed by atoms with Crippen LogP contribution in [0.1, 0.15) is 30.1 Å². The Labute approximate surface area is 141 Å². The third-order valence-electron chi connectivity index (χ3n) is 4.30. The zero-order chi connectivity index (χ0) is 15.5. The van der Waals surface area contributed by atoms with Crippen LogP contribution in [0.5, 0.6) is 0 Å². The minimum Gasteiger partial charge on any atom is -0.339 e. The second-order valence-corrected chi connectivity index (χ2v) is 5.76. The van der Waals surface area contributed by atoms with E-state index in [1.54, 1.807) is 0 Å². The number of tetrazole rings is 1. The number of halogens is 1. The normalized spacial score (nSPS) is 16.7. The Hall–Kier alpha value is -1.99. The molecule has 2 aromatic rings. The van der Waals surface area contributed by atoms with Crippen molar-refractivity contribution in [3.05, 3.63) is 36.2 Å². The van der Waals surface area contributed by atoms with Gasteiger partial charge >= 0.3 is 0 Å². The summed E-state index contributed by atoms with van der Waals surface area (Å²) in [6.45, 7) is 3.53. The number of nitrogens with two attached hydrogens (primary N) is 1. The van der Waals surface area contributed by atoms with Gasteiger partial charge in [0.15, 0.2) is 0 Å². The van der Waals surface area contributed by atoms with Crippen LogP contribution in [0.2, 0.25) is 0 Å². The van der Waals surface area contributed by atoms with Crippen molar-refractivity contribution in [3.8, 4) is 5.69 Å². The molecular formula is C15H21ClN6O. The summed E-state index contributed by atoms with van der Waals surface area (Å²) in [6.07, 6.45) is 3.40. The number of benzene rings is 1. The van der Waals surface area contributed by atoms with E-state index in [0.29, 0.717) is 17.2 Å². The van der Waals surface area contributed by atoms with E-state index in [0.717, 1.165) is 25.9 Å². The Morgan fingerprint density at radius 2 is 2.00 bits per heavy atom. The average molecular weight is 337 g/mol. The number of hydrogen-bond acceptors (Lipinski definition) is 5. The van der Waals surface area contributed by atoms with Gasteiger partial charge in [-0.05, 0) is 48.2 Å². The van der Waals surface area contributed by atoms with Crippen molar-refractivity contribution in [2.75, 3.05) is 13.1 Å². The van der Waals surface area contributed by atoms with Crippen LogP contribution >= 0.6 is 12.4 Å². The fourth-order valence-electron chi connectivity index (χ4n) is 2.92. The maximum absolute atomic E-state index is 12.8. The largest absolute Gasteiger partial charge is 0.339 e. The van der Waals surface area contributed by atoms with Crippen LogP contribution in [0.3, 0.4) is 0 Å². The summed E-state index contributed by atoms with van der Waals surface area (Å²) in [5.41, 5.74) is 7.28. The molecule has 1 unspecified atom stereocenters. The highest BCUT2D eigenvalue weighted by Gasteiger charge is 2.26. The number of amides is 1. The van der Waals surface area contributed by atoms with Gasteiger partial charge in [0, 0.05) is 19.1 Å². The van der Waals surface area contributed by atoms with E-state index in [-0.39, 0.29) is 24.4 Å². The fourth-order valence-corrected chi connectivity index (χ4v) is 2.92. The molecule has 1 amide bonds. The number of hydrogen-bond donors (Lipinski definition) is 1. The Morgan fingerprint density at radius 1 is 1.30 bits per heavy atom. The molecule has 8 heteroatoms. The molecule has 3 rings (SSSR count). The van der Waals surface area contributed by atoms with Gasteiger partial charge in [-0.3, -0.25) is 4.79 Å². The van der Waals surface area contributed by atoms with Crippen LogP contribution < -0.4 is 5.73 Å². The van der Waals surface area contributed by atoms with Crippen molar-refractivity contribution in [3.63, 3.8) is 0 Å². The summed E-state index contributed by atoms with van der Waals surface area (Å²) in [4.78, 5) is 14.7. The number of para-hydroxylation sites is 1. The lowest BCUT2D eigenvalue weighted by molar-refractivity contribution is 0.0681. The number of carbonyl (C=O) groups excluding carboxylic acids is 1. The molecule has 124 valence electrons. The molecule has 2 N–H and O–H groups in total.